The number of halogens is 3. The SMILES string of the molecule is CNc1ccc(CNc2c(C)ccc3c2CCN(C(=O)C(F)(F)F)CC3)cc1. The standard InChI is InChI=1S/C21H24F3N3O/c1-14-3-6-16-9-11-27(20(28)21(22,23)24)12-10-18(16)19(14)26-13-15-4-7-17(25-2)8-5-15/h3-8,25-26H,9-13H2,1-2H3. The van der Waals surface area contributed by atoms with E-state index in [4.69, 9.17) is 0 Å². The van der Waals surface area contributed by atoms with Crippen LogP contribution in [0, 0.1) is 6.92 Å². The van der Waals surface area contributed by atoms with Crippen molar-refractivity contribution in [1.29, 1.82) is 0 Å². The number of benzene rings is 2. The van der Waals surface area contributed by atoms with E-state index in [1.54, 1.807) is 0 Å². The van der Waals surface area contributed by atoms with Gasteiger partial charge in [0.25, 0.3) is 0 Å². The monoisotopic (exact) mass is 391 g/mol. The number of nitrogens with zero attached hydrogens (tertiary/aromatic N) is 1. The summed E-state index contributed by atoms with van der Waals surface area (Å²) in [6.45, 7) is 2.75. The molecule has 150 valence electrons. The molecule has 7 heteroatoms. The molecular formula is C21H24F3N3O. The number of hydrogen-bond acceptors (Lipinski definition) is 3. The van der Waals surface area contributed by atoms with Crippen LogP contribution in [0.2, 0.25) is 0 Å². The van der Waals surface area contributed by atoms with Gasteiger partial charge in [0.05, 0.1) is 0 Å². The van der Waals surface area contributed by atoms with Crippen molar-refractivity contribution in [3.63, 3.8) is 0 Å². The number of rotatable bonds is 4. The summed E-state index contributed by atoms with van der Waals surface area (Å²) in [7, 11) is 1.86. The fraction of sp³-hybridized carbons (Fsp3) is 0.381. The highest BCUT2D eigenvalue weighted by atomic mass is 19.4. The van der Waals surface area contributed by atoms with E-state index < -0.39 is 12.1 Å². The normalized spacial score (nSPS) is 14.2. The molecule has 0 saturated carbocycles. The van der Waals surface area contributed by atoms with E-state index in [9.17, 15) is 18.0 Å². The Kier molecular flexibility index (Phi) is 5.82. The summed E-state index contributed by atoms with van der Waals surface area (Å²) in [5.74, 6) is -1.75. The zero-order valence-electron chi connectivity index (χ0n) is 16.0. The number of hydrogen-bond donors (Lipinski definition) is 2. The van der Waals surface area contributed by atoms with Gasteiger partial charge in [-0.05, 0) is 54.2 Å². The van der Waals surface area contributed by atoms with Crippen LogP contribution in [-0.4, -0.2) is 37.1 Å². The van der Waals surface area contributed by atoms with E-state index in [0.29, 0.717) is 19.4 Å². The van der Waals surface area contributed by atoms with Gasteiger partial charge in [0.15, 0.2) is 0 Å². The number of anilines is 2. The molecule has 1 amide bonds. The molecule has 1 aliphatic heterocycles. The second-order valence-corrected chi connectivity index (χ2v) is 6.99. The maximum Gasteiger partial charge on any atom is 0.471 e. The topological polar surface area (TPSA) is 44.4 Å². The molecule has 0 radical (unpaired) electrons. The predicted molar refractivity (Wildman–Crippen MR) is 105 cm³/mol. The first-order chi connectivity index (χ1) is 13.3. The summed E-state index contributed by atoms with van der Waals surface area (Å²) in [5.41, 5.74) is 6.14. The smallest absolute Gasteiger partial charge is 0.388 e. The summed E-state index contributed by atoms with van der Waals surface area (Å²) in [6, 6.07) is 12.0. The van der Waals surface area contributed by atoms with Crippen molar-refractivity contribution in [2.75, 3.05) is 30.8 Å². The third-order valence-corrected chi connectivity index (χ3v) is 5.14. The lowest BCUT2D eigenvalue weighted by molar-refractivity contribution is -0.185. The van der Waals surface area contributed by atoms with Gasteiger partial charge in [-0.25, -0.2) is 0 Å². The van der Waals surface area contributed by atoms with Crippen LogP contribution in [0.3, 0.4) is 0 Å². The molecule has 1 heterocycles. The molecule has 0 aromatic heterocycles. The number of carbonyl (C=O) groups excluding carboxylic acids is 1. The lowest BCUT2D eigenvalue weighted by Gasteiger charge is -2.21. The zero-order chi connectivity index (χ0) is 20.3. The maximum atomic E-state index is 12.8. The second kappa shape index (κ2) is 8.12. The van der Waals surface area contributed by atoms with Gasteiger partial charge in [-0.3, -0.25) is 4.79 Å². The van der Waals surface area contributed by atoms with Gasteiger partial charge in [-0.15, -0.1) is 0 Å². The van der Waals surface area contributed by atoms with Gasteiger partial charge in [-0.2, -0.15) is 13.2 Å². The second-order valence-electron chi connectivity index (χ2n) is 6.99. The first kappa shape index (κ1) is 20.0. The van der Waals surface area contributed by atoms with Crippen molar-refractivity contribution < 1.29 is 18.0 Å². The molecule has 0 atom stereocenters. The van der Waals surface area contributed by atoms with Gasteiger partial charge in [0.2, 0.25) is 0 Å². The molecule has 1 aliphatic rings. The third-order valence-electron chi connectivity index (χ3n) is 5.14. The van der Waals surface area contributed by atoms with Crippen LogP contribution in [0.4, 0.5) is 24.5 Å². The van der Waals surface area contributed by atoms with Crippen molar-refractivity contribution in [2.24, 2.45) is 0 Å². The van der Waals surface area contributed by atoms with Crippen LogP contribution >= 0.6 is 0 Å². The van der Waals surface area contributed by atoms with Crippen LogP contribution in [0.25, 0.3) is 0 Å². The van der Waals surface area contributed by atoms with Gasteiger partial charge in [0, 0.05) is 38.1 Å². The Morgan fingerprint density at radius 3 is 2.39 bits per heavy atom. The minimum atomic E-state index is -4.83. The largest absolute Gasteiger partial charge is 0.471 e. The Bertz CT molecular complexity index is 847. The maximum absolute atomic E-state index is 12.8. The summed E-state index contributed by atoms with van der Waals surface area (Å²) in [6.07, 6.45) is -4.00. The van der Waals surface area contributed by atoms with Crippen LogP contribution in [0.1, 0.15) is 22.3 Å². The summed E-state index contributed by atoms with van der Waals surface area (Å²) >= 11 is 0. The van der Waals surface area contributed by atoms with Crippen molar-refractivity contribution in [2.45, 2.75) is 32.5 Å². The molecule has 2 aromatic carbocycles. The number of nitrogens with one attached hydrogen (secondary N) is 2. The van der Waals surface area contributed by atoms with E-state index in [-0.39, 0.29) is 13.1 Å². The van der Waals surface area contributed by atoms with Crippen LogP contribution in [0.15, 0.2) is 36.4 Å². The lowest BCUT2D eigenvalue weighted by atomic mass is 9.97. The van der Waals surface area contributed by atoms with Gasteiger partial charge in [0.1, 0.15) is 0 Å². The first-order valence-electron chi connectivity index (χ1n) is 9.27. The number of fused-ring (bicyclic) bond motifs is 1. The van der Waals surface area contributed by atoms with Crippen molar-refractivity contribution in [1.82, 2.24) is 4.90 Å². The Labute approximate surface area is 162 Å². The minimum absolute atomic E-state index is 0.0698. The van der Waals surface area contributed by atoms with Gasteiger partial charge >= 0.3 is 12.1 Å². The predicted octanol–water partition coefficient (Wildman–Crippen LogP) is 4.14. The van der Waals surface area contributed by atoms with E-state index >= 15 is 0 Å². The average molecular weight is 391 g/mol. The van der Waals surface area contributed by atoms with Crippen LogP contribution < -0.4 is 10.6 Å². The Balaban J connectivity index is 1.77. The number of aryl methyl sites for hydroxylation is 1. The highest BCUT2D eigenvalue weighted by molar-refractivity contribution is 5.82. The molecule has 0 spiro atoms. The van der Waals surface area contributed by atoms with E-state index in [0.717, 1.165) is 38.5 Å². The van der Waals surface area contributed by atoms with Crippen molar-refractivity contribution >= 4 is 17.3 Å². The molecule has 0 fully saturated rings. The molecule has 0 aliphatic carbocycles. The highest BCUT2D eigenvalue weighted by Crippen LogP contribution is 2.29. The Morgan fingerprint density at radius 2 is 1.75 bits per heavy atom. The van der Waals surface area contributed by atoms with E-state index in [1.165, 1.54) is 0 Å². The van der Waals surface area contributed by atoms with E-state index in [2.05, 4.69) is 10.6 Å². The van der Waals surface area contributed by atoms with Crippen molar-refractivity contribution in [3.05, 3.63) is 58.7 Å². The molecular weight excluding hydrogens is 367 g/mol. The lowest BCUT2D eigenvalue weighted by Crippen LogP contribution is -2.42. The Hall–Kier alpha value is -2.70. The molecule has 3 rings (SSSR count). The number of amides is 1. The molecule has 0 unspecified atom stereocenters. The third kappa shape index (κ3) is 4.40. The van der Waals surface area contributed by atoms with Crippen LogP contribution in [-0.2, 0) is 24.2 Å². The molecule has 0 bridgehead atoms. The van der Waals surface area contributed by atoms with Gasteiger partial charge in [-0.1, -0.05) is 24.3 Å². The van der Waals surface area contributed by atoms with Crippen LogP contribution in [0.5, 0.6) is 0 Å². The first-order valence-corrected chi connectivity index (χ1v) is 9.27. The Morgan fingerprint density at radius 1 is 1.07 bits per heavy atom. The van der Waals surface area contributed by atoms with Crippen molar-refractivity contribution in [3.8, 4) is 0 Å². The molecule has 2 aromatic rings. The zero-order valence-corrected chi connectivity index (χ0v) is 16.0. The molecule has 4 nitrogen and oxygen atoms in total. The summed E-state index contributed by atoms with van der Waals surface area (Å²) < 4.78 is 38.4. The summed E-state index contributed by atoms with van der Waals surface area (Å²) in [5, 5.41) is 6.53. The fourth-order valence-corrected chi connectivity index (χ4v) is 3.55. The quantitative estimate of drug-likeness (QED) is 0.824. The van der Waals surface area contributed by atoms with Gasteiger partial charge < -0.3 is 15.5 Å². The molecule has 28 heavy (non-hydrogen) atoms. The fourth-order valence-electron chi connectivity index (χ4n) is 3.55. The highest BCUT2D eigenvalue weighted by Gasteiger charge is 2.42. The van der Waals surface area contributed by atoms with E-state index in [1.807, 2.05) is 50.4 Å². The summed E-state index contributed by atoms with van der Waals surface area (Å²) in [4.78, 5) is 12.5. The average Bonchev–Trinajstić information content (AvgIpc) is 2.89. The molecule has 0 saturated heterocycles. The molecule has 2 N–H and O–H groups in total. The minimum Gasteiger partial charge on any atom is -0.388 e. The number of alkyl halides is 3. The number of carbonyl (C=O) groups is 1.